The minimum Gasteiger partial charge on any atom is -0.353 e. The highest BCUT2D eigenvalue weighted by molar-refractivity contribution is 9.09. The van der Waals surface area contributed by atoms with Gasteiger partial charge in [0.2, 0.25) is 6.79 Å². The van der Waals surface area contributed by atoms with E-state index in [4.69, 9.17) is 14.1 Å². The number of hydrogen-bond donors (Lipinski definition) is 0. The molecule has 0 bridgehead atoms. The van der Waals surface area contributed by atoms with Gasteiger partial charge in [-0.3, -0.25) is 4.79 Å². The van der Waals surface area contributed by atoms with Crippen molar-refractivity contribution in [2.75, 3.05) is 13.9 Å². The van der Waals surface area contributed by atoms with Gasteiger partial charge in [0, 0.05) is 16.8 Å². The lowest BCUT2D eigenvalue weighted by molar-refractivity contribution is -0.107. The maximum Gasteiger partial charge on any atom is 0.330 e. The zero-order valence-electron chi connectivity index (χ0n) is 9.47. The number of ether oxygens (including phenoxy) is 1. The Labute approximate surface area is 106 Å². The molecule has 0 aliphatic rings. The third-order valence-electron chi connectivity index (χ3n) is 2.33. The minimum atomic E-state index is -0.328. The van der Waals surface area contributed by atoms with Crippen molar-refractivity contribution in [2.24, 2.45) is 0 Å². The van der Waals surface area contributed by atoms with E-state index in [1.165, 1.54) is 7.11 Å². The molecule has 0 radical (unpaired) electrons. The van der Waals surface area contributed by atoms with E-state index in [2.05, 4.69) is 15.9 Å². The molecular formula is C11H12BrNO4. The van der Waals surface area contributed by atoms with Crippen LogP contribution in [0.15, 0.2) is 27.5 Å². The fourth-order valence-electron chi connectivity index (χ4n) is 1.45. The highest BCUT2D eigenvalue weighted by atomic mass is 79.9. The molecule has 0 fully saturated rings. The number of aromatic nitrogens is 1. The Kier molecular flexibility index (Phi) is 3.54. The van der Waals surface area contributed by atoms with Crippen molar-refractivity contribution in [2.45, 2.75) is 11.8 Å². The molecule has 1 aromatic carbocycles. The topological polar surface area (TPSA) is 53.6 Å². The van der Waals surface area contributed by atoms with Gasteiger partial charge in [-0.15, -0.1) is 0 Å². The van der Waals surface area contributed by atoms with Crippen LogP contribution >= 0.6 is 15.9 Å². The van der Waals surface area contributed by atoms with E-state index in [1.54, 1.807) is 6.07 Å². The summed E-state index contributed by atoms with van der Waals surface area (Å²) in [5.41, 5.74) is 1.20. The summed E-state index contributed by atoms with van der Waals surface area (Å²) in [6.07, 6.45) is 0. The molecule has 1 unspecified atom stereocenters. The van der Waals surface area contributed by atoms with Crippen LogP contribution in [0.4, 0.5) is 0 Å². The average Bonchev–Trinajstić information content (AvgIpc) is 2.63. The highest BCUT2D eigenvalue weighted by Crippen LogP contribution is 2.24. The molecule has 2 aromatic rings. The highest BCUT2D eigenvalue weighted by Gasteiger charge is 2.12. The van der Waals surface area contributed by atoms with Gasteiger partial charge in [0.05, 0.1) is 5.39 Å². The minimum absolute atomic E-state index is 0.0402. The molecule has 92 valence electrons. The number of rotatable bonds is 4. The maximum absolute atomic E-state index is 11.8. The van der Waals surface area contributed by atoms with E-state index in [9.17, 15) is 4.79 Å². The van der Waals surface area contributed by atoms with Gasteiger partial charge in [-0.25, -0.2) is 0 Å². The van der Waals surface area contributed by atoms with Gasteiger partial charge >= 0.3 is 5.56 Å². The molecule has 0 spiro atoms. The van der Waals surface area contributed by atoms with Crippen molar-refractivity contribution in [3.63, 3.8) is 0 Å². The molecular weight excluding hydrogens is 290 g/mol. The van der Waals surface area contributed by atoms with Crippen molar-refractivity contribution in [1.82, 2.24) is 4.90 Å². The molecule has 6 heteroatoms. The predicted octanol–water partition coefficient (Wildman–Crippen LogP) is 2.08. The number of benzene rings is 1. The molecule has 17 heavy (non-hydrogen) atoms. The normalized spacial score (nSPS) is 12.9. The smallest absolute Gasteiger partial charge is 0.330 e. The Morgan fingerprint density at radius 2 is 2.29 bits per heavy atom. The third-order valence-corrected chi connectivity index (χ3v) is 2.86. The molecule has 5 nitrogen and oxygen atoms in total. The van der Waals surface area contributed by atoms with Crippen LogP contribution in [0.1, 0.15) is 17.3 Å². The Morgan fingerprint density at radius 3 is 2.94 bits per heavy atom. The molecule has 0 amide bonds. The first-order valence-electron chi connectivity index (χ1n) is 5.05. The van der Waals surface area contributed by atoms with Crippen LogP contribution in [0, 0.1) is 0 Å². The van der Waals surface area contributed by atoms with Crippen LogP contribution in [-0.4, -0.2) is 18.8 Å². The Hall–Kier alpha value is -1.27. The summed E-state index contributed by atoms with van der Waals surface area (Å²) in [6.45, 7) is 1.96. The maximum atomic E-state index is 11.8. The second-order valence-electron chi connectivity index (χ2n) is 3.56. The second-order valence-corrected chi connectivity index (χ2v) is 4.93. The number of methoxy groups -OCH3 is 1. The van der Waals surface area contributed by atoms with E-state index in [-0.39, 0.29) is 17.2 Å². The summed E-state index contributed by atoms with van der Waals surface area (Å²) in [7, 11) is 1.47. The van der Waals surface area contributed by atoms with E-state index >= 15 is 0 Å². The SMILES string of the molecule is COCOn1oc2cc(C(C)Br)ccc2c1=O. The third kappa shape index (κ3) is 2.37. The summed E-state index contributed by atoms with van der Waals surface area (Å²) in [6, 6.07) is 5.41. The van der Waals surface area contributed by atoms with Gasteiger partial charge in [0.1, 0.15) is 0 Å². The van der Waals surface area contributed by atoms with Crippen LogP contribution in [0.2, 0.25) is 0 Å². The lowest BCUT2D eigenvalue weighted by Gasteiger charge is -2.01. The summed E-state index contributed by atoms with van der Waals surface area (Å²) in [5.74, 6) is 0. The van der Waals surface area contributed by atoms with Gasteiger partial charge < -0.3 is 14.1 Å². The van der Waals surface area contributed by atoms with Crippen LogP contribution < -0.4 is 10.4 Å². The molecule has 1 atom stereocenters. The molecule has 0 N–H and O–H groups in total. The number of alkyl halides is 1. The summed E-state index contributed by atoms with van der Waals surface area (Å²) in [5, 5.41) is 0.484. The zero-order valence-corrected chi connectivity index (χ0v) is 11.1. The van der Waals surface area contributed by atoms with Crippen molar-refractivity contribution in [3.8, 4) is 0 Å². The van der Waals surface area contributed by atoms with Crippen molar-refractivity contribution < 1.29 is 14.1 Å². The number of fused-ring (bicyclic) bond motifs is 1. The fourth-order valence-corrected chi connectivity index (χ4v) is 1.74. The molecule has 1 aromatic heterocycles. The predicted molar refractivity (Wildman–Crippen MR) is 66.3 cm³/mol. The summed E-state index contributed by atoms with van der Waals surface area (Å²) in [4.78, 5) is 17.8. The molecule has 0 saturated heterocycles. The number of nitrogens with zero attached hydrogens (tertiary/aromatic N) is 1. The number of hydrogen-bond acceptors (Lipinski definition) is 4. The zero-order chi connectivity index (χ0) is 12.4. The van der Waals surface area contributed by atoms with Crippen molar-refractivity contribution >= 4 is 26.9 Å². The Bertz CT molecular complexity index is 572. The average molecular weight is 302 g/mol. The number of halogens is 1. The van der Waals surface area contributed by atoms with E-state index < -0.39 is 0 Å². The lowest BCUT2D eigenvalue weighted by Crippen LogP contribution is -2.23. The molecule has 0 saturated carbocycles. The van der Waals surface area contributed by atoms with E-state index in [1.807, 2.05) is 19.1 Å². The Morgan fingerprint density at radius 1 is 1.53 bits per heavy atom. The monoisotopic (exact) mass is 301 g/mol. The quantitative estimate of drug-likeness (QED) is 0.641. The first-order valence-corrected chi connectivity index (χ1v) is 5.97. The van der Waals surface area contributed by atoms with Crippen molar-refractivity contribution in [1.29, 1.82) is 0 Å². The lowest BCUT2D eigenvalue weighted by atomic mass is 10.1. The van der Waals surface area contributed by atoms with Gasteiger partial charge in [0.25, 0.3) is 0 Å². The second kappa shape index (κ2) is 4.93. The first kappa shape index (κ1) is 12.2. The molecule has 0 aliphatic carbocycles. The molecule has 2 rings (SSSR count). The van der Waals surface area contributed by atoms with Crippen molar-refractivity contribution in [3.05, 3.63) is 34.1 Å². The van der Waals surface area contributed by atoms with Crippen LogP contribution in [-0.2, 0) is 4.74 Å². The standard InChI is InChI=1S/C11H12BrNO4/c1-7(12)8-3-4-9-10(5-8)17-13(11(9)14)16-6-15-2/h3-5,7H,6H2,1-2H3. The van der Waals surface area contributed by atoms with Gasteiger partial charge in [-0.2, -0.15) is 0 Å². The molecule has 1 heterocycles. The van der Waals surface area contributed by atoms with Gasteiger partial charge in [-0.1, -0.05) is 22.0 Å². The Balaban J connectivity index is 2.46. The molecule has 0 aliphatic heterocycles. The van der Waals surface area contributed by atoms with E-state index in [0.717, 1.165) is 10.5 Å². The summed E-state index contributed by atoms with van der Waals surface area (Å²) < 4.78 is 9.98. The largest absolute Gasteiger partial charge is 0.353 e. The first-order chi connectivity index (χ1) is 8.13. The fraction of sp³-hybridized carbons (Fsp3) is 0.364. The van der Waals surface area contributed by atoms with Crippen LogP contribution in [0.25, 0.3) is 11.0 Å². The van der Waals surface area contributed by atoms with Crippen LogP contribution in [0.5, 0.6) is 0 Å². The van der Waals surface area contributed by atoms with E-state index in [0.29, 0.717) is 11.0 Å². The summed E-state index contributed by atoms with van der Waals surface area (Å²) >= 11 is 3.46. The van der Waals surface area contributed by atoms with Gasteiger partial charge in [0.15, 0.2) is 5.58 Å². The van der Waals surface area contributed by atoms with Crippen LogP contribution in [0.3, 0.4) is 0 Å². The van der Waals surface area contributed by atoms with Gasteiger partial charge in [-0.05, 0) is 24.6 Å².